The number of nitrogens with one attached hydrogen (secondary N) is 1. The van der Waals surface area contributed by atoms with Crippen molar-refractivity contribution in [1.82, 2.24) is 19.7 Å². The van der Waals surface area contributed by atoms with Crippen LogP contribution in [0.2, 0.25) is 0 Å². The van der Waals surface area contributed by atoms with Gasteiger partial charge in [0.15, 0.2) is 11.0 Å². The molecule has 26 heavy (non-hydrogen) atoms. The van der Waals surface area contributed by atoms with E-state index in [1.165, 1.54) is 38.9 Å². The van der Waals surface area contributed by atoms with Crippen molar-refractivity contribution >= 4 is 11.8 Å². The van der Waals surface area contributed by atoms with Gasteiger partial charge in [0.05, 0.1) is 25.4 Å². The molecule has 2 aromatic heterocycles. The maximum Gasteiger partial charge on any atom is 0.196 e. The highest BCUT2D eigenvalue weighted by molar-refractivity contribution is 7.99. The Bertz CT molecular complexity index is 813. The van der Waals surface area contributed by atoms with Crippen LogP contribution in [-0.4, -0.2) is 45.1 Å². The number of hydrogen-bond donors (Lipinski definition) is 1. The van der Waals surface area contributed by atoms with Crippen LogP contribution < -0.4 is 4.90 Å². The van der Waals surface area contributed by atoms with E-state index in [4.69, 9.17) is 0 Å². The number of hydrogen-bond acceptors (Lipinski definition) is 4. The van der Waals surface area contributed by atoms with Crippen molar-refractivity contribution in [3.63, 3.8) is 0 Å². The van der Waals surface area contributed by atoms with E-state index in [9.17, 15) is 0 Å². The van der Waals surface area contributed by atoms with E-state index < -0.39 is 0 Å². The van der Waals surface area contributed by atoms with Gasteiger partial charge in [-0.3, -0.25) is 9.55 Å². The average molecular weight is 367 g/mol. The SMILES string of the molecule is c1ccc(-n2c(SCC[NH+]3CCCCC3)nnc2-c2cccnc2)cc1. The molecular weight excluding hydrogens is 342 g/mol. The summed E-state index contributed by atoms with van der Waals surface area (Å²) in [5, 5.41) is 9.91. The fraction of sp³-hybridized carbons (Fsp3) is 0.350. The number of piperidine rings is 1. The maximum atomic E-state index is 4.49. The van der Waals surface area contributed by atoms with Crippen LogP contribution in [0.4, 0.5) is 0 Å². The van der Waals surface area contributed by atoms with Crippen molar-refractivity contribution in [2.45, 2.75) is 24.4 Å². The fourth-order valence-corrected chi connectivity index (χ4v) is 4.44. The molecule has 0 amide bonds. The lowest BCUT2D eigenvalue weighted by molar-refractivity contribution is -0.902. The third kappa shape index (κ3) is 3.97. The van der Waals surface area contributed by atoms with E-state index in [1.54, 1.807) is 22.9 Å². The van der Waals surface area contributed by atoms with Gasteiger partial charge in [-0.25, -0.2) is 0 Å². The Morgan fingerprint density at radius 3 is 2.58 bits per heavy atom. The first-order valence-corrected chi connectivity index (χ1v) is 10.3. The molecule has 0 saturated carbocycles. The van der Waals surface area contributed by atoms with Gasteiger partial charge in [0, 0.05) is 23.6 Å². The van der Waals surface area contributed by atoms with Crippen molar-refractivity contribution in [1.29, 1.82) is 0 Å². The topological polar surface area (TPSA) is 48.0 Å². The van der Waals surface area contributed by atoms with Crippen molar-refractivity contribution in [3.05, 3.63) is 54.9 Å². The zero-order valence-corrected chi connectivity index (χ0v) is 15.7. The normalized spacial score (nSPS) is 15.2. The van der Waals surface area contributed by atoms with Crippen LogP contribution in [0.1, 0.15) is 19.3 Å². The molecule has 1 aliphatic rings. The molecule has 1 fully saturated rings. The van der Waals surface area contributed by atoms with Crippen LogP contribution in [0.15, 0.2) is 60.0 Å². The zero-order valence-electron chi connectivity index (χ0n) is 14.8. The number of likely N-dealkylation sites (tertiary alicyclic amines) is 1. The molecule has 0 aliphatic carbocycles. The molecule has 0 atom stereocenters. The second-order valence-corrected chi connectivity index (χ2v) is 7.69. The third-order valence-electron chi connectivity index (χ3n) is 4.81. The molecule has 6 heteroatoms. The Balaban J connectivity index is 1.57. The van der Waals surface area contributed by atoms with E-state index in [-0.39, 0.29) is 0 Å². The van der Waals surface area contributed by atoms with Gasteiger partial charge in [-0.1, -0.05) is 30.0 Å². The van der Waals surface area contributed by atoms with Crippen molar-refractivity contribution in [3.8, 4) is 17.1 Å². The number of thioether (sulfide) groups is 1. The molecule has 5 nitrogen and oxygen atoms in total. The van der Waals surface area contributed by atoms with Crippen LogP contribution in [-0.2, 0) is 0 Å². The summed E-state index contributed by atoms with van der Waals surface area (Å²) in [6, 6.07) is 14.3. The van der Waals surface area contributed by atoms with Crippen molar-refractivity contribution in [2.75, 3.05) is 25.4 Å². The molecule has 0 unspecified atom stereocenters. The lowest BCUT2D eigenvalue weighted by Gasteiger charge is -2.23. The van der Waals surface area contributed by atoms with E-state index in [1.807, 2.05) is 24.4 Å². The van der Waals surface area contributed by atoms with Gasteiger partial charge in [-0.2, -0.15) is 0 Å². The number of pyridine rings is 1. The van der Waals surface area contributed by atoms with Crippen molar-refractivity contribution in [2.24, 2.45) is 0 Å². The molecule has 1 saturated heterocycles. The molecule has 3 heterocycles. The number of aromatic nitrogens is 4. The first-order chi connectivity index (χ1) is 12.9. The van der Waals surface area contributed by atoms with Crippen LogP contribution >= 0.6 is 11.8 Å². The molecule has 4 rings (SSSR count). The second-order valence-electron chi connectivity index (χ2n) is 6.63. The Labute approximate surface area is 158 Å². The molecule has 1 N–H and O–H groups in total. The van der Waals surface area contributed by atoms with Gasteiger partial charge in [0.25, 0.3) is 0 Å². The molecular formula is C20H24N5S+. The highest BCUT2D eigenvalue weighted by Gasteiger charge is 2.18. The van der Waals surface area contributed by atoms with E-state index in [2.05, 4.69) is 44.0 Å². The van der Waals surface area contributed by atoms with Gasteiger partial charge >= 0.3 is 0 Å². The number of benzene rings is 1. The van der Waals surface area contributed by atoms with Crippen LogP contribution in [0.25, 0.3) is 17.1 Å². The largest absolute Gasteiger partial charge is 0.334 e. The highest BCUT2D eigenvalue weighted by Crippen LogP contribution is 2.27. The molecule has 1 aromatic carbocycles. The molecule has 0 spiro atoms. The van der Waals surface area contributed by atoms with E-state index >= 15 is 0 Å². The predicted molar refractivity (Wildman–Crippen MR) is 105 cm³/mol. The minimum Gasteiger partial charge on any atom is -0.334 e. The molecule has 0 radical (unpaired) electrons. The average Bonchev–Trinajstić information content (AvgIpc) is 3.14. The van der Waals surface area contributed by atoms with Crippen LogP contribution in [0.5, 0.6) is 0 Å². The summed E-state index contributed by atoms with van der Waals surface area (Å²) in [5.41, 5.74) is 2.07. The van der Waals surface area contributed by atoms with Gasteiger partial charge < -0.3 is 4.90 Å². The van der Waals surface area contributed by atoms with Crippen molar-refractivity contribution < 1.29 is 4.90 Å². The number of rotatable bonds is 6. The summed E-state index contributed by atoms with van der Waals surface area (Å²) < 4.78 is 2.15. The standard InChI is InChI=1S/C20H23N5S/c1-3-9-18(10-4-1)25-19(17-8-7-11-21-16-17)22-23-20(25)26-15-14-24-12-5-2-6-13-24/h1,3-4,7-11,16H,2,5-6,12-15H2/p+1. The number of quaternary nitrogens is 1. The first-order valence-electron chi connectivity index (χ1n) is 9.29. The number of nitrogens with zero attached hydrogens (tertiary/aromatic N) is 4. The predicted octanol–water partition coefficient (Wildman–Crippen LogP) is 2.49. The second kappa shape index (κ2) is 8.47. The third-order valence-corrected chi connectivity index (χ3v) is 5.75. The molecule has 1 aliphatic heterocycles. The summed E-state index contributed by atoms with van der Waals surface area (Å²) >= 11 is 1.80. The molecule has 0 bridgehead atoms. The number of para-hydroxylation sites is 1. The quantitative estimate of drug-likeness (QED) is 0.681. The summed E-state index contributed by atoms with van der Waals surface area (Å²) in [7, 11) is 0. The van der Waals surface area contributed by atoms with Gasteiger partial charge in [0.1, 0.15) is 0 Å². The Morgan fingerprint density at radius 2 is 1.81 bits per heavy atom. The lowest BCUT2D eigenvalue weighted by Crippen LogP contribution is -3.13. The monoisotopic (exact) mass is 366 g/mol. The minimum absolute atomic E-state index is 0.845. The summed E-state index contributed by atoms with van der Waals surface area (Å²) in [5.74, 6) is 1.91. The summed E-state index contributed by atoms with van der Waals surface area (Å²) in [4.78, 5) is 5.96. The smallest absolute Gasteiger partial charge is 0.196 e. The first kappa shape index (κ1) is 17.2. The Hall–Kier alpha value is -2.18. The van der Waals surface area contributed by atoms with Crippen LogP contribution in [0.3, 0.4) is 0 Å². The minimum atomic E-state index is 0.845. The van der Waals surface area contributed by atoms with Gasteiger partial charge in [0.2, 0.25) is 0 Å². The zero-order chi connectivity index (χ0) is 17.6. The maximum absolute atomic E-state index is 4.49. The lowest BCUT2D eigenvalue weighted by atomic mass is 10.1. The van der Waals surface area contributed by atoms with Gasteiger partial charge in [-0.05, 0) is 43.5 Å². The Morgan fingerprint density at radius 1 is 0.962 bits per heavy atom. The highest BCUT2D eigenvalue weighted by atomic mass is 32.2. The molecule has 134 valence electrons. The summed E-state index contributed by atoms with van der Waals surface area (Å²) in [6.45, 7) is 3.81. The van der Waals surface area contributed by atoms with E-state index in [0.29, 0.717) is 0 Å². The van der Waals surface area contributed by atoms with Crippen LogP contribution in [0, 0.1) is 0 Å². The molecule has 3 aromatic rings. The van der Waals surface area contributed by atoms with E-state index in [0.717, 1.165) is 28.0 Å². The van der Waals surface area contributed by atoms with Gasteiger partial charge in [-0.15, -0.1) is 10.2 Å². The fourth-order valence-electron chi connectivity index (χ4n) is 3.44. The Kier molecular flexibility index (Phi) is 5.62. The summed E-state index contributed by atoms with van der Waals surface area (Å²) in [6.07, 6.45) is 7.75.